The Morgan fingerprint density at radius 1 is 1.33 bits per heavy atom. The van der Waals surface area contributed by atoms with Gasteiger partial charge in [-0.2, -0.15) is 0 Å². The van der Waals surface area contributed by atoms with Crippen LogP contribution in [0.2, 0.25) is 0 Å². The molecule has 9 heteroatoms. The van der Waals surface area contributed by atoms with Crippen molar-refractivity contribution < 1.29 is 4.79 Å². The maximum absolute atomic E-state index is 12.0. The minimum atomic E-state index is 0. The third kappa shape index (κ3) is 10.5. The Labute approximate surface area is 188 Å². The molecule has 0 spiro atoms. The second-order valence-corrected chi connectivity index (χ2v) is 8.47. The Kier molecular flexibility index (Phi) is 14.0. The van der Waals surface area contributed by atoms with Crippen molar-refractivity contribution in [1.82, 2.24) is 20.5 Å². The number of thioether (sulfide) groups is 1. The Balaban J connectivity index is 0.00000364. The van der Waals surface area contributed by atoms with Crippen LogP contribution in [0.5, 0.6) is 0 Å². The summed E-state index contributed by atoms with van der Waals surface area (Å²) in [6.07, 6.45) is 7.92. The monoisotopic (exact) mass is 525 g/mol. The highest BCUT2D eigenvalue weighted by molar-refractivity contribution is 14.0. The summed E-state index contributed by atoms with van der Waals surface area (Å²) in [7, 11) is 0. The van der Waals surface area contributed by atoms with Gasteiger partial charge in [0.25, 0.3) is 0 Å². The predicted octanol–water partition coefficient (Wildman–Crippen LogP) is 3.59. The van der Waals surface area contributed by atoms with E-state index in [1.807, 2.05) is 16.5 Å². The predicted molar refractivity (Wildman–Crippen MR) is 127 cm³/mol. The van der Waals surface area contributed by atoms with Gasteiger partial charge >= 0.3 is 0 Å². The van der Waals surface area contributed by atoms with E-state index in [0.717, 1.165) is 80.9 Å². The topological polar surface area (TPSA) is 69.6 Å². The molecule has 1 aromatic heterocycles. The minimum absolute atomic E-state index is 0. The lowest BCUT2D eigenvalue weighted by atomic mass is 10.2. The number of likely N-dealkylation sites (tertiary alicyclic amines) is 1. The molecule has 1 saturated heterocycles. The molecule has 27 heavy (non-hydrogen) atoms. The SMILES string of the molecule is CCNC(=NCCCSc1nccs1)NCCCN1CCCCCC1=O.I. The van der Waals surface area contributed by atoms with Gasteiger partial charge in [-0.1, -0.05) is 18.2 Å². The average Bonchev–Trinajstić information content (AvgIpc) is 3.07. The van der Waals surface area contributed by atoms with Gasteiger partial charge in [0.1, 0.15) is 4.34 Å². The molecule has 154 valence electrons. The fourth-order valence-corrected chi connectivity index (χ4v) is 4.42. The number of hydrogen-bond donors (Lipinski definition) is 2. The van der Waals surface area contributed by atoms with Crippen molar-refractivity contribution in [3.05, 3.63) is 11.6 Å². The zero-order valence-corrected chi connectivity index (χ0v) is 20.1. The lowest BCUT2D eigenvalue weighted by molar-refractivity contribution is -0.130. The lowest BCUT2D eigenvalue weighted by Crippen LogP contribution is -2.39. The highest BCUT2D eigenvalue weighted by Gasteiger charge is 2.15. The Morgan fingerprint density at radius 3 is 3.00 bits per heavy atom. The van der Waals surface area contributed by atoms with Crippen LogP contribution < -0.4 is 10.6 Å². The van der Waals surface area contributed by atoms with Crippen molar-refractivity contribution in [1.29, 1.82) is 0 Å². The van der Waals surface area contributed by atoms with Crippen LogP contribution in [0.15, 0.2) is 20.9 Å². The van der Waals surface area contributed by atoms with E-state index in [9.17, 15) is 4.79 Å². The van der Waals surface area contributed by atoms with Crippen molar-refractivity contribution in [3.8, 4) is 0 Å². The standard InChI is InChI=1S/C18H31N5OS2.HI/c1-2-19-17(21-10-7-14-25-18-22-11-15-26-18)20-9-6-13-23-12-5-3-4-8-16(23)24;/h11,15H,2-10,12-14H2,1H3,(H2,19,20,21);1H. The summed E-state index contributed by atoms with van der Waals surface area (Å²) in [4.78, 5) is 22.9. The number of aliphatic imine (C=N–C) groups is 1. The zero-order valence-electron chi connectivity index (χ0n) is 16.1. The third-order valence-electron chi connectivity index (χ3n) is 4.12. The van der Waals surface area contributed by atoms with Crippen LogP contribution in [-0.2, 0) is 4.79 Å². The Hall–Kier alpha value is -0.550. The van der Waals surface area contributed by atoms with Crippen molar-refractivity contribution >= 4 is 58.9 Å². The molecule has 0 saturated carbocycles. The average molecular weight is 526 g/mol. The van der Waals surface area contributed by atoms with Gasteiger partial charge in [-0.05, 0) is 32.6 Å². The van der Waals surface area contributed by atoms with E-state index in [2.05, 4.69) is 27.5 Å². The molecule has 1 amide bonds. The number of thiazole rings is 1. The first-order valence-electron chi connectivity index (χ1n) is 9.62. The molecule has 0 aromatic carbocycles. The van der Waals surface area contributed by atoms with Gasteiger partial charge in [0, 0.05) is 56.5 Å². The van der Waals surface area contributed by atoms with Crippen molar-refractivity contribution in [2.24, 2.45) is 4.99 Å². The van der Waals surface area contributed by atoms with E-state index in [0.29, 0.717) is 5.91 Å². The number of aromatic nitrogens is 1. The molecular weight excluding hydrogens is 493 g/mol. The number of halogens is 1. The molecule has 1 aromatic rings. The summed E-state index contributed by atoms with van der Waals surface area (Å²) in [5, 5.41) is 8.67. The van der Waals surface area contributed by atoms with Crippen LogP contribution in [0.1, 0.15) is 45.4 Å². The quantitative estimate of drug-likeness (QED) is 0.161. The fraction of sp³-hybridized carbons (Fsp3) is 0.722. The molecule has 2 heterocycles. The first-order valence-corrected chi connectivity index (χ1v) is 11.5. The largest absolute Gasteiger partial charge is 0.357 e. The van der Waals surface area contributed by atoms with Crippen LogP contribution in [0.4, 0.5) is 0 Å². The number of rotatable bonds is 10. The number of amides is 1. The van der Waals surface area contributed by atoms with Gasteiger partial charge in [-0.15, -0.1) is 35.3 Å². The molecule has 1 aliphatic heterocycles. The number of carbonyl (C=O) groups excluding carboxylic acids is 1. The maximum atomic E-state index is 12.0. The summed E-state index contributed by atoms with van der Waals surface area (Å²) in [6.45, 7) is 6.33. The van der Waals surface area contributed by atoms with E-state index in [-0.39, 0.29) is 24.0 Å². The molecule has 2 rings (SSSR count). The van der Waals surface area contributed by atoms with Gasteiger partial charge in [0.05, 0.1) is 0 Å². The van der Waals surface area contributed by atoms with E-state index in [1.54, 1.807) is 23.1 Å². The maximum Gasteiger partial charge on any atom is 0.222 e. The first kappa shape index (κ1) is 24.5. The molecule has 1 fully saturated rings. The van der Waals surface area contributed by atoms with E-state index in [1.165, 1.54) is 6.42 Å². The summed E-state index contributed by atoms with van der Waals surface area (Å²) >= 11 is 3.48. The second-order valence-electron chi connectivity index (χ2n) is 6.23. The second kappa shape index (κ2) is 15.4. The summed E-state index contributed by atoms with van der Waals surface area (Å²) < 4.78 is 1.13. The molecular formula is C18H32IN5OS2. The summed E-state index contributed by atoms with van der Waals surface area (Å²) in [6, 6.07) is 0. The highest BCUT2D eigenvalue weighted by atomic mass is 127. The van der Waals surface area contributed by atoms with E-state index >= 15 is 0 Å². The molecule has 0 aliphatic carbocycles. The van der Waals surface area contributed by atoms with Gasteiger partial charge in [-0.25, -0.2) is 4.98 Å². The number of hydrogen-bond acceptors (Lipinski definition) is 5. The first-order chi connectivity index (χ1) is 12.8. The molecule has 2 N–H and O–H groups in total. The summed E-state index contributed by atoms with van der Waals surface area (Å²) in [5.41, 5.74) is 0. The Morgan fingerprint density at radius 2 is 2.22 bits per heavy atom. The van der Waals surface area contributed by atoms with Crippen LogP contribution in [0, 0.1) is 0 Å². The molecule has 1 aliphatic rings. The van der Waals surface area contributed by atoms with Crippen molar-refractivity contribution in [3.63, 3.8) is 0 Å². The highest BCUT2D eigenvalue weighted by Crippen LogP contribution is 2.20. The molecule has 6 nitrogen and oxygen atoms in total. The molecule has 0 bridgehead atoms. The van der Waals surface area contributed by atoms with Gasteiger partial charge in [0.2, 0.25) is 5.91 Å². The molecule has 0 atom stereocenters. The van der Waals surface area contributed by atoms with E-state index < -0.39 is 0 Å². The molecule has 0 unspecified atom stereocenters. The third-order valence-corrected chi connectivity index (χ3v) is 6.17. The number of carbonyl (C=O) groups is 1. The van der Waals surface area contributed by atoms with Gasteiger partial charge in [0.15, 0.2) is 5.96 Å². The van der Waals surface area contributed by atoms with Crippen molar-refractivity contribution in [2.45, 2.75) is 49.8 Å². The normalized spacial score (nSPS) is 15.2. The van der Waals surface area contributed by atoms with Gasteiger partial charge in [-0.3, -0.25) is 9.79 Å². The molecule has 0 radical (unpaired) electrons. The van der Waals surface area contributed by atoms with Crippen LogP contribution in [0.3, 0.4) is 0 Å². The summed E-state index contributed by atoms with van der Waals surface area (Å²) in [5.74, 6) is 2.22. The lowest BCUT2D eigenvalue weighted by Gasteiger charge is -2.20. The van der Waals surface area contributed by atoms with Crippen LogP contribution in [0.25, 0.3) is 0 Å². The van der Waals surface area contributed by atoms with E-state index in [4.69, 9.17) is 0 Å². The zero-order chi connectivity index (χ0) is 18.5. The number of nitrogens with one attached hydrogen (secondary N) is 2. The minimum Gasteiger partial charge on any atom is -0.357 e. The smallest absolute Gasteiger partial charge is 0.222 e. The van der Waals surface area contributed by atoms with Crippen LogP contribution >= 0.6 is 47.1 Å². The van der Waals surface area contributed by atoms with Crippen molar-refractivity contribution in [2.75, 3.05) is 38.5 Å². The van der Waals surface area contributed by atoms with Gasteiger partial charge < -0.3 is 15.5 Å². The fourth-order valence-electron chi connectivity index (χ4n) is 2.79. The van der Waals surface area contributed by atoms with Crippen LogP contribution in [-0.4, -0.2) is 60.2 Å². The number of guanidine groups is 1. The number of nitrogens with zero attached hydrogens (tertiary/aromatic N) is 3. The Bertz CT molecular complexity index is 542.